The van der Waals surface area contributed by atoms with E-state index in [-0.39, 0.29) is 6.04 Å². The third-order valence-corrected chi connectivity index (χ3v) is 8.29. The maximum atomic E-state index is 4.93. The molecule has 0 amide bonds. The highest BCUT2D eigenvalue weighted by molar-refractivity contribution is 6.21. The molecule has 1 N–H and O–H groups in total. The Morgan fingerprint density at radius 2 is 1.16 bits per heavy atom. The average molecular weight is 565 g/mol. The Bertz CT molecular complexity index is 2170. The van der Waals surface area contributed by atoms with Crippen molar-refractivity contribution >= 4 is 21.5 Å². The number of allylic oxidation sites excluding steroid dienone is 2. The van der Waals surface area contributed by atoms with E-state index in [4.69, 9.17) is 9.97 Å². The Kier molecular flexibility index (Phi) is 6.50. The van der Waals surface area contributed by atoms with Gasteiger partial charge in [-0.05, 0) is 86.4 Å². The molecule has 0 spiro atoms. The molecule has 1 aliphatic heterocycles. The summed E-state index contributed by atoms with van der Waals surface area (Å²) in [5.74, 6) is 0. The molecule has 208 valence electrons. The maximum absolute atomic E-state index is 4.93. The molecule has 4 heterocycles. The Labute approximate surface area is 256 Å². The number of hydrogen-bond donors (Lipinski definition) is 1. The largest absolute Gasteiger partial charge is 0.379 e. The summed E-state index contributed by atoms with van der Waals surface area (Å²) >= 11 is 0. The number of rotatable bonds is 5. The van der Waals surface area contributed by atoms with Crippen LogP contribution in [0.1, 0.15) is 11.7 Å². The van der Waals surface area contributed by atoms with E-state index in [2.05, 4.69) is 120 Å². The number of pyridine rings is 3. The van der Waals surface area contributed by atoms with E-state index in [0.29, 0.717) is 0 Å². The van der Waals surface area contributed by atoms with E-state index >= 15 is 0 Å². The third kappa shape index (κ3) is 4.63. The molecule has 8 rings (SSSR count). The van der Waals surface area contributed by atoms with E-state index in [1.807, 2.05) is 42.9 Å². The van der Waals surface area contributed by atoms with Crippen molar-refractivity contribution in [3.05, 3.63) is 164 Å². The van der Waals surface area contributed by atoms with Gasteiger partial charge >= 0.3 is 0 Å². The summed E-state index contributed by atoms with van der Waals surface area (Å²) in [5.41, 5.74) is 9.59. The summed E-state index contributed by atoms with van der Waals surface area (Å²) in [5, 5.41) is 8.10. The number of aromatic nitrogens is 3. The summed E-state index contributed by atoms with van der Waals surface area (Å²) in [6.45, 7) is 0. The van der Waals surface area contributed by atoms with Gasteiger partial charge in [-0.2, -0.15) is 0 Å². The third-order valence-electron chi connectivity index (χ3n) is 8.29. The summed E-state index contributed by atoms with van der Waals surface area (Å²) in [6, 6.07) is 40.6. The summed E-state index contributed by atoms with van der Waals surface area (Å²) in [4.78, 5) is 14.3. The van der Waals surface area contributed by atoms with Crippen LogP contribution in [0.5, 0.6) is 0 Å². The van der Waals surface area contributed by atoms with Crippen molar-refractivity contribution < 1.29 is 0 Å². The van der Waals surface area contributed by atoms with Crippen LogP contribution in [-0.2, 0) is 0 Å². The molecule has 0 fully saturated rings. The van der Waals surface area contributed by atoms with Gasteiger partial charge in [-0.25, -0.2) is 0 Å². The number of fused-ring (bicyclic) bond motifs is 2. The summed E-state index contributed by atoms with van der Waals surface area (Å²) in [6.07, 6.45) is 13.9. The predicted molar refractivity (Wildman–Crippen MR) is 181 cm³/mol. The van der Waals surface area contributed by atoms with E-state index in [9.17, 15) is 0 Å². The van der Waals surface area contributed by atoms with Gasteiger partial charge in [0, 0.05) is 29.7 Å². The molecule has 1 aliphatic rings. The van der Waals surface area contributed by atoms with Crippen molar-refractivity contribution in [2.24, 2.45) is 0 Å². The van der Waals surface area contributed by atoms with Crippen LogP contribution < -0.4 is 5.32 Å². The first-order valence-electron chi connectivity index (χ1n) is 14.8. The highest BCUT2D eigenvalue weighted by Gasteiger charge is 2.19. The number of hydrogen-bond acceptors (Lipinski definition) is 4. The van der Waals surface area contributed by atoms with Crippen molar-refractivity contribution in [3.8, 4) is 44.8 Å². The SMILES string of the molecule is C1=CNC(c2ccc(-c3c4ccccc4c(-c4ccc(-c5ccccn5)nc4)c4ccc(-c5ccccc5)cc34)cn2)C=C1. The lowest BCUT2D eigenvalue weighted by atomic mass is 9.85. The highest BCUT2D eigenvalue weighted by Crippen LogP contribution is 2.44. The van der Waals surface area contributed by atoms with Crippen molar-refractivity contribution in [3.63, 3.8) is 0 Å². The molecule has 4 nitrogen and oxygen atoms in total. The fraction of sp³-hybridized carbons (Fsp3) is 0.0250. The van der Waals surface area contributed by atoms with Crippen LogP contribution in [0.3, 0.4) is 0 Å². The minimum atomic E-state index is 0.0659. The fourth-order valence-electron chi connectivity index (χ4n) is 6.18. The Balaban J connectivity index is 1.36. The molecule has 0 saturated heterocycles. The molecule has 7 aromatic rings. The van der Waals surface area contributed by atoms with Crippen LogP contribution in [0.15, 0.2) is 158 Å². The predicted octanol–water partition coefficient (Wildman–Crippen LogP) is 9.56. The minimum Gasteiger partial charge on any atom is -0.379 e. The van der Waals surface area contributed by atoms with Crippen molar-refractivity contribution in [2.45, 2.75) is 6.04 Å². The van der Waals surface area contributed by atoms with E-state index in [1.165, 1.54) is 43.8 Å². The van der Waals surface area contributed by atoms with Gasteiger partial charge in [0.2, 0.25) is 0 Å². The normalized spacial score (nSPS) is 14.1. The molecule has 4 aromatic carbocycles. The first-order chi connectivity index (χ1) is 21.8. The van der Waals surface area contributed by atoms with Gasteiger partial charge in [-0.1, -0.05) is 97.1 Å². The Morgan fingerprint density at radius 3 is 1.84 bits per heavy atom. The average Bonchev–Trinajstić information content (AvgIpc) is 3.12. The molecule has 0 bridgehead atoms. The smallest absolute Gasteiger partial charge is 0.0886 e. The minimum absolute atomic E-state index is 0.0659. The van der Waals surface area contributed by atoms with Crippen LogP contribution in [0.4, 0.5) is 0 Å². The van der Waals surface area contributed by atoms with Gasteiger partial charge < -0.3 is 5.32 Å². The molecule has 44 heavy (non-hydrogen) atoms. The topological polar surface area (TPSA) is 50.7 Å². The molecular weight excluding hydrogens is 536 g/mol. The van der Waals surface area contributed by atoms with Gasteiger partial charge in [-0.3, -0.25) is 15.0 Å². The van der Waals surface area contributed by atoms with Crippen LogP contribution >= 0.6 is 0 Å². The molecular formula is C40H28N4. The maximum Gasteiger partial charge on any atom is 0.0886 e. The summed E-state index contributed by atoms with van der Waals surface area (Å²) < 4.78 is 0. The number of benzene rings is 4. The molecule has 1 unspecified atom stereocenters. The fourth-order valence-corrected chi connectivity index (χ4v) is 6.18. The second-order valence-corrected chi connectivity index (χ2v) is 10.9. The van der Waals surface area contributed by atoms with Crippen LogP contribution in [0.2, 0.25) is 0 Å². The number of dihydropyridines is 1. The highest BCUT2D eigenvalue weighted by atomic mass is 14.9. The summed E-state index contributed by atoms with van der Waals surface area (Å²) in [7, 11) is 0. The molecule has 3 aromatic heterocycles. The molecule has 0 saturated carbocycles. The van der Waals surface area contributed by atoms with Gasteiger partial charge in [0.1, 0.15) is 0 Å². The Morgan fingerprint density at radius 1 is 0.477 bits per heavy atom. The van der Waals surface area contributed by atoms with Crippen LogP contribution in [0, 0.1) is 0 Å². The first kappa shape index (κ1) is 25.8. The standard InChI is InChI=1S/C40H28N4/c1-2-10-27(11-3-1)28-16-19-33-34(24-28)40(30-18-21-38(44-26-30)36-15-7-9-23-42-36)32-13-5-4-12-31(32)39(33)29-17-20-37(43-25-29)35-14-6-8-22-41-35/h1-26,36,42H. The van der Waals surface area contributed by atoms with Gasteiger partial charge in [0.15, 0.2) is 0 Å². The molecule has 0 aliphatic carbocycles. The van der Waals surface area contributed by atoms with Crippen LogP contribution in [0.25, 0.3) is 66.3 Å². The molecule has 0 radical (unpaired) electrons. The van der Waals surface area contributed by atoms with Crippen molar-refractivity contribution in [1.29, 1.82) is 0 Å². The second kappa shape index (κ2) is 11.1. The first-order valence-corrected chi connectivity index (χ1v) is 14.8. The van der Waals surface area contributed by atoms with E-state index in [0.717, 1.165) is 28.2 Å². The lowest BCUT2D eigenvalue weighted by Crippen LogP contribution is -2.16. The van der Waals surface area contributed by atoms with Crippen molar-refractivity contribution in [1.82, 2.24) is 20.3 Å². The Hall–Kier alpha value is -5.87. The van der Waals surface area contributed by atoms with Gasteiger partial charge in [0.25, 0.3) is 0 Å². The quantitative estimate of drug-likeness (QED) is 0.212. The molecule has 4 heteroatoms. The van der Waals surface area contributed by atoms with Gasteiger partial charge in [-0.15, -0.1) is 0 Å². The monoisotopic (exact) mass is 564 g/mol. The zero-order valence-electron chi connectivity index (χ0n) is 23.9. The number of nitrogens with zero attached hydrogens (tertiary/aromatic N) is 3. The zero-order valence-corrected chi connectivity index (χ0v) is 23.9. The van der Waals surface area contributed by atoms with Crippen molar-refractivity contribution in [2.75, 3.05) is 0 Å². The van der Waals surface area contributed by atoms with E-state index < -0.39 is 0 Å². The lowest BCUT2D eigenvalue weighted by Gasteiger charge is -2.19. The number of nitrogens with one attached hydrogen (secondary N) is 1. The van der Waals surface area contributed by atoms with Crippen LogP contribution in [-0.4, -0.2) is 15.0 Å². The van der Waals surface area contributed by atoms with E-state index in [1.54, 1.807) is 6.20 Å². The second-order valence-electron chi connectivity index (χ2n) is 10.9. The zero-order chi connectivity index (χ0) is 29.3. The molecule has 1 atom stereocenters. The lowest BCUT2D eigenvalue weighted by molar-refractivity contribution is 0.721. The van der Waals surface area contributed by atoms with Gasteiger partial charge in [0.05, 0.1) is 23.1 Å².